The number of thioether (sulfide) groups is 1. The molecule has 102 valence electrons. The molecule has 0 aliphatic carbocycles. The Morgan fingerprint density at radius 1 is 1.26 bits per heavy atom. The summed E-state index contributed by atoms with van der Waals surface area (Å²) in [6.07, 6.45) is 3.92. The number of aliphatic hydroxyl groups is 1. The van der Waals surface area contributed by atoms with E-state index in [1.807, 2.05) is 18.4 Å². The number of nitriles is 1. The van der Waals surface area contributed by atoms with Crippen molar-refractivity contribution >= 4 is 11.8 Å². The van der Waals surface area contributed by atoms with Gasteiger partial charge >= 0.3 is 0 Å². The normalized spacial score (nSPS) is 19.0. The maximum Gasteiger partial charge on any atom is 0.104 e. The first-order valence-corrected chi connectivity index (χ1v) is 7.81. The van der Waals surface area contributed by atoms with Crippen molar-refractivity contribution in [3.8, 4) is 6.07 Å². The minimum Gasteiger partial charge on any atom is -0.392 e. The highest BCUT2D eigenvalue weighted by molar-refractivity contribution is 8.00. The Kier molecular flexibility index (Phi) is 4.87. The van der Waals surface area contributed by atoms with Gasteiger partial charge in [-0.1, -0.05) is 24.3 Å². The number of likely N-dealkylation sites (tertiary alicyclic amines) is 1. The van der Waals surface area contributed by atoms with Crippen molar-refractivity contribution in [2.45, 2.75) is 30.7 Å². The Morgan fingerprint density at radius 3 is 2.32 bits per heavy atom. The molecule has 1 aromatic rings. The molecule has 0 spiro atoms. The van der Waals surface area contributed by atoms with E-state index < -0.39 is 0 Å². The van der Waals surface area contributed by atoms with Gasteiger partial charge in [0.15, 0.2) is 0 Å². The third-order valence-electron chi connectivity index (χ3n) is 3.87. The van der Waals surface area contributed by atoms with E-state index >= 15 is 0 Å². The van der Waals surface area contributed by atoms with Gasteiger partial charge in [0.1, 0.15) is 4.75 Å². The molecule has 1 N–H and O–H groups in total. The van der Waals surface area contributed by atoms with Gasteiger partial charge in [0.05, 0.1) is 12.7 Å². The number of hydrogen-bond acceptors (Lipinski definition) is 4. The van der Waals surface area contributed by atoms with Crippen LogP contribution in [0.4, 0.5) is 0 Å². The third kappa shape index (κ3) is 3.50. The SMILES string of the molecule is CSC1(C#N)CCN(Cc2ccc(CO)cc2)CC1. The second kappa shape index (κ2) is 6.42. The Balaban J connectivity index is 1.90. The van der Waals surface area contributed by atoms with Crippen molar-refractivity contribution in [1.29, 1.82) is 5.26 Å². The Bertz CT molecular complexity index is 444. The molecule has 1 heterocycles. The molecule has 1 aliphatic rings. The van der Waals surface area contributed by atoms with Crippen molar-refractivity contribution in [2.24, 2.45) is 0 Å². The first kappa shape index (κ1) is 14.4. The highest BCUT2D eigenvalue weighted by Crippen LogP contribution is 2.34. The molecule has 0 amide bonds. The number of rotatable bonds is 4. The first-order chi connectivity index (χ1) is 9.21. The predicted molar refractivity (Wildman–Crippen MR) is 78.7 cm³/mol. The Labute approximate surface area is 119 Å². The van der Waals surface area contributed by atoms with Crippen LogP contribution in [0.25, 0.3) is 0 Å². The molecule has 1 saturated heterocycles. The number of nitrogens with zero attached hydrogens (tertiary/aromatic N) is 2. The van der Waals surface area contributed by atoms with Crippen LogP contribution in [-0.2, 0) is 13.2 Å². The third-order valence-corrected chi connectivity index (χ3v) is 5.15. The minimum atomic E-state index is -0.169. The van der Waals surface area contributed by atoms with E-state index in [0.29, 0.717) is 0 Å². The summed E-state index contributed by atoms with van der Waals surface area (Å²) >= 11 is 1.69. The maximum absolute atomic E-state index is 9.26. The van der Waals surface area contributed by atoms with Crippen LogP contribution < -0.4 is 0 Å². The van der Waals surface area contributed by atoms with Crippen LogP contribution in [0.15, 0.2) is 24.3 Å². The van der Waals surface area contributed by atoms with Gasteiger partial charge in [-0.05, 0) is 30.2 Å². The molecule has 1 aliphatic heterocycles. The highest BCUT2D eigenvalue weighted by atomic mass is 32.2. The molecule has 0 saturated carbocycles. The molecular weight excluding hydrogens is 256 g/mol. The van der Waals surface area contributed by atoms with Gasteiger partial charge < -0.3 is 5.11 Å². The molecular formula is C15H20N2OS. The van der Waals surface area contributed by atoms with E-state index in [1.165, 1.54) is 5.56 Å². The van der Waals surface area contributed by atoms with Crippen molar-refractivity contribution < 1.29 is 5.11 Å². The summed E-state index contributed by atoms with van der Waals surface area (Å²) < 4.78 is -0.169. The van der Waals surface area contributed by atoms with Crippen LogP contribution in [0.1, 0.15) is 24.0 Å². The zero-order chi connectivity index (χ0) is 13.7. The topological polar surface area (TPSA) is 47.3 Å². The Hall–Kier alpha value is -1.02. The van der Waals surface area contributed by atoms with Gasteiger partial charge in [-0.25, -0.2) is 0 Å². The summed E-state index contributed by atoms with van der Waals surface area (Å²) in [6, 6.07) is 10.6. The number of benzene rings is 1. The summed E-state index contributed by atoms with van der Waals surface area (Å²) in [5, 5.41) is 18.3. The largest absolute Gasteiger partial charge is 0.392 e. The van der Waals surface area contributed by atoms with Gasteiger partial charge in [-0.2, -0.15) is 5.26 Å². The molecule has 0 atom stereocenters. The first-order valence-electron chi connectivity index (χ1n) is 6.59. The van der Waals surface area contributed by atoms with E-state index in [1.54, 1.807) is 11.8 Å². The zero-order valence-electron chi connectivity index (χ0n) is 11.3. The van der Waals surface area contributed by atoms with Gasteiger partial charge in [-0.15, -0.1) is 11.8 Å². The minimum absolute atomic E-state index is 0.0996. The lowest BCUT2D eigenvalue weighted by atomic mass is 9.97. The van der Waals surface area contributed by atoms with Crippen LogP contribution in [0.3, 0.4) is 0 Å². The molecule has 0 aromatic heterocycles. The predicted octanol–water partition coefficient (Wildman–Crippen LogP) is 2.40. The average Bonchev–Trinajstić information content (AvgIpc) is 2.49. The summed E-state index contributed by atoms with van der Waals surface area (Å²) in [7, 11) is 0. The van der Waals surface area contributed by atoms with Crippen molar-refractivity contribution in [2.75, 3.05) is 19.3 Å². The average molecular weight is 276 g/mol. The quantitative estimate of drug-likeness (QED) is 0.917. The van der Waals surface area contributed by atoms with Gasteiger partial charge in [0, 0.05) is 19.6 Å². The fourth-order valence-electron chi connectivity index (χ4n) is 2.44. The van der Waals surface area contributed by atoms with E-state index in [-0.39, 0.29) is 11.4 Å². The molecule has 0 bridgehead atoms. The van der Waals surface area contributed by atoms with E-state index in [4.69, 9.17) is 5.11 Å². The lowest BCUT2D eigenvalue weighted by Gasteiger charge is -2.36. The molecule has 0 radical (unpaired) electrons. The van der Waals surface area contributed by atoms with Gasteiger partial charge in [0.2, 0.25) is 0 Å². The molecule has 1 aromatic carbocycles. The monoisotopic (exact) mass is 276 g/mol. The fraction of sp³-hybridized carbons (Fsp3) is 0.533. The maximum atomic E-state index is 9.26. The number of piperidine rings is 1. The zero-order valence-corrected chi connectivity index (χ0v) is 12.1. The Morgan fingerprint density at radius 2 is 1.84 bits per heavy atom. The van der Waals surface area contributed by atoms with Crippen LogP contribution in [0.2, 0.25) is 0 Å². The van der Waals surface area contributed by atoms with Gasteiger partial charge in [0.25, 0.3) is 0 Å². The smallest absolute Gasteiger partial charge is 0.104 e. The molecule has 2 rings (SSSR count). The van der Waals surface area contributed by atoms with Gasteiger partial charge in [-0.3, -0.25) is 4.90 Å². The second-order valence-corrected chi connectivity index (χ2v) is 6.25. The summed E-state index contributed by atoms with van der Waals surface area (Å²) in [6.45, 7) is 3.00. The van der Waals surface area contributed by atoms with Crippen LogP contribution in [0.5, 0.6) is 0 Å². The standard InChI is InChI=1S/C15H20N2OS/c1-19-15(12-16)6-8-17(9-7-15)10-13-2-4-14(11-18)5-3-13/h2-5,18H,6-11H2,1H3. The van der Waals surface area contributed by atoms with Crippen molar-refractivity contribution in [3.63, 3.8) is 0 Å². The lowest BCUT2D eigenvalue weighted by Crippen LogP contribution is -2.41. The molecule has 4 heteroatoms. The molecule has 19 heavy (non-hydrogen) atoms. The van der Waals surface area contributed by atoms with Crippen LogP contribution in [-0.4, -0.2) is 34.1 Å². The fourth-order valence-corrected chi connectivity index (χ4v) is 3.12. The van der Waals surface area contributed by atoms with Crippen LogP contribution in [0, 0.1) is 11.3 Å². The van der Waals surface area contributed by atoms with E-state index in [0.717, 1.165) is 38.0 Å². The molecule has 3 nitrogen and oxygen atoms in total. The van der Waals surface area contributed by atoms with E-state index in [2.05, 4.69) is 23.1 Å². The summed E-state index contributed by atoms with van der Waals surface area (Å²) in [5.74, 6) is 0. The van der Waals surface area contributed by atoms with Crippen molar-refractivity contribution in [1.82, 2.24) is 4.90 Å². The van der Waals surface area contributed by atoms with Crippen LogP contribution >= 0.6 is 11.8 Å². The van der Waals surface area contributed by atoms with Crippen molar-refractivity contribution in [3.05, 3.63) is 35.4 Å². The molecule has 0 unspecified atom stereocenters. The molecule has 1 fully saturated rings. The van der Waals surface area contributed by atoms with E-state index in [9.17, 15) is 5.26 Å². The summed E-state index contributed by atoms with van der Waals surface area (Å²) in [5.41, 5.74) is 2.22. The number of aliphatic hydroxyl groups excluding tert-OH is 1. The highest BCUT2D eigenvalue weighted by Gasteiger charge is 2.33. The number of hydrogen-bond donors (Lipinski definition) is 1. The summed E-state index contributed by atoms with van der Waals surface area (Å²) in [4.78, 5) is 2.40. The lowest BCUT2D eigenvalue weighted by molar-refractivity contribution is 0.209. The second-order valence-electron chi connectivity index (χ2n) is 5.06.